The van der Waals surface area contributed by atoms with Gasteiger partial charge in [-0.15, -0.1) is 0 Å². The fraction of sp³-hybridized carbons (Fsp3) is 0.235. The van der Waals surface area contributed by atoms with Gasteiger partial charge in [0.25, 0.3) is 5.91 Å². The van der Waals surface area contributed by atoms with Crippen molar-refractivity contribution in [1.29, 1.82) is 0 Å². The largest absolute Gasteiger partial charge is 0.454 e. The zero-order valence-electron chi connectivity index (χ0n) is 12.1. The van der Waals surface area contributed by atoms with Crippen molar-refractivity contribution < 1.29 is 14.3 Å². The molecule has 0 radical (unpaired) electrons. The Labute approximate surface area is 133 Å². The summed E-state index contributed by atoms with van der Waals surface area (Å²) in [7, 11) is 0. The number of hydrogen-bond donors (Lipinski definition) is 1. The third-order valence-corrected chi connectivity index (χ3v) is 4.31. The summed E-state index contributed by atoms with van der Waals surface area (Å²) in [5, 5.41) is 2.92. The molecule has 2 aromatic carbocycles. The lowest BCUT2D eigenvalue weighted by molar-refractivity contribution is 0.0955. The molecule has 0 aliphatic carbocycles. The molecule has 1 amide bonds. The van der Waals surface area contributed by atoms with Crippen LogP contribution in [-0.4, -0.2) is 25.0 Å². The van der Waals surface area contributed by atoms with E-state index < -0.39 is 0 Å². The minimum Gasteiger partial charge on any atom is -0.454 e. The first kappa shape index (κ1) is 14.8. The number of amides is 1. The van der Waals surface area contributed by atoms with Crippen LogP contribution in [0.5, 0.6) is 11.5 Å². The lowest BCUT2D eigenvalue weighted by Gasteiger charge is -2.06. The molecule has 4 nitrogen and oxygen atoms in total. The van der Waals surface area contributed by atoms with E-state index in [9.17, 15) is 4.79 Å². The zero-order chi connectivity index (χ0) is 15.2. The summed E-state index contributed by atoms with van der Waals surface area (Å²) in [5.74, 6) is 3.08. The Kier molecular flexibility index (Phi) is 4.85. The molecule has 1 heterocycles. The fourth-order valence-corrected chi connectivity index (χ4v) is 2.96. The smallest absolute Gasteiger partial charge is 0.251 e. The third kappa shape index (κ3) is 3.74. The van der Waals surface area contributed by atoms with Gasteiger partial charge in [0, 0.05) is 23.6 Å². The molecule has 0 saturated heterocycles. The van der Waals surface area contributed by atoms with Crippen molar-refractivity contribution in [3.63, 3.8) is 0 Å². The van der Waals surface area contributed by atoms with Gasteiger partial charge in [-0.25, -0.2) is 0 Å². The van der Waals surface area contributed by atoms with Crippen LogP contribution in [0, 0.1) is 0 Å². The zero-order valence-corrected chi connectivity index (χ0v) is 12.9. The summed E-state index contributed by atoms with van der Waals surface area (Å²) < 4.78 is 10.5. The number of fused-ring (bicyclic) bond motifs is 1. The molecule has 0 saturated carbocycles. The molecule has 0 atom stereocenters. The summed E-state index contributed by atoms with van der Waals surface area (Å²) in [6, 6.07) is 15.5. The third-order valence-electron chi connectivity index (χ3n) is 3.28. The van der Waals surface area contributed by atoms with E-state index >= 15 is 0 Å². The van der Waals surface area contributed by atoms with E-state index in [1.807, 2.05) is 18.2 Å². The first-order valence-corrected chi connectivity index (χ1v) is 8.28. The number of ether oxygens (including phenoxy) is 2. The van der Waals surface area contributed by atoms with E-state index in [4.69, 9.17) is 9.47 Å². The monoisotopic (exact) mass is 315 g/mol. The van der Waals surface area contributed by atoms with E-state index in [0.29, 0.717) is 23.6 Å². The average molecular weight is 315 g/mol. The van der Waals surface area contributed by atoms with E-state index in [2.05, 4.69) is 17.4 Å². The second-order valence-corrected chi connectivity index (χ2v) is 5.97. The van der Waals surface area contributed by atoms with Crippen molar-refractivity contribution in [2.45, 2.75) is 5.75 Å². The summed E-state index contributed by atoms with van der Waals surface area (Å²) in [6.07, 6.45) is 0. The van der Waals surface area contributed by atoms with Gasteiger partial charge in [0.15, 0.2) is 11.5 Å². The van der Waals surface area contributed by atoms with Crippen LogP contribution < -0.4 is 14.8 Å². The van der Waals surface area contributed by atoms with Crippen molar-refractivity contribution >= 4 is 17.7 Å². The van der Waals surface area contributed by atoms with Crippen LogP contribution in [0.25, 0.3) is 0 Å². The molecule has 0 spiro atoms. The summed E-state index contributed by atoms with van der Waals surface area (Å²) in [5.41, 5.74) is 1.90. The molecule has 3 rings (SSSR count). The van der Waals surface area contributed by atoms with Gasteiger partial charge in [0.2, 0.25) is 6.79 Å². The maximum atomic E-state index is 12.1. The maximum absolute atomic E-state index is 12.1. The number of thioether (sulfide) groups is 1. The minimum atomic E-state index is -0.0846. The molecule has 5 heteroatoms. The standard InChI is InChI=1S/C17H17NO3S/c19-17(14-6-7-15-16(10-14)21-12-20-15)18-8-9-22-11-13-4-2-1-3-5-13/h1-7,10H,8-9,11-12H2,(H,18,19). The SMILES string of the molecule is O=C(NCCSCc1ccccc1)c1ccc2c(c1)OCO2. The maximum Gasteiger partial charge on any atom is 0.251 e. The molecule has 0 bridgehead atoms. The van der Waals surface area contributed by atoms with Crippen LogP contribution in [0.15, 0.2) is 48.5 Å². The number of carbonyl (C=O) groups is 1. The first-order valence-electron chi connectivity index (χ1n) is 7.12. The predicted octanol–water partition coefficient (Wildman–Crippen LogP) is 3.08. The summed E-state index contributed by atoms with van der Waals surface area (Å²) in [4.78, 5) is 12.1. The number of rotatable bonds is 6. The van der Waals surface area contributed by atoms with Crippen LogP contribution in [0.2, 0.25) is 0 Å². The Balaban J connectivity index is 1.41. The second kappa shape index (κ2) is 7.22. The highest BCUT2D eigenvalue weighted by atomic mass is 32.2. The van der Waals surface area contributed by atoms with Gasteiger partial charge in [-0.1, -0.05) is 30.3 Å². The quantitative estimate of drug-likeness (QED) is 0.832. The normalized spacial score (nSPS) is 12.2. The Morgan fingerprint density at radius 1 is 1.09 bits per heavy atom. The summed E-state index contributed by atoms with van der Waals surface area (Å²) in [6.45, 7) is 0.862. The highest BCUT2D eigenvalue weighted by Crippen LogP contribution is 2.32. The fourth-order valence-electron chi connectivity index (χ4n) is 2.14. The van der Waals surface area contributed by atoms with Gasteiger partial charge in [-0.05, 0) is 23.8 Å². The van der Waals surface area contributed by atoms with Crippen molar-refractivity contribution in [3.8, 4) is 11.5 Å². The Morgan fingerprint density at radius 3 is 2.77 bits per heavy atom. The lowest BCUT2D eigenvalue weighted by Crippen LogP contribution is -2.25. The minimum absolute atomic E-state index is 0.0846. The summed E-state index contributed by atoms with van der Waals surface area (Å²) >= 11 is 1.80. The van der Waals surface area contributed by atoms with Crippen LogP contribution in [0.3, 0.4) is 0 Å². The van der Waals surface area contributed by atoms with Gasteiger partial charge in [-0.3, -0.25) is 4.79 Å². The molecular formula is C17H17NO3S. The van der Waals surface area contributed by atoms with E-state index in [-0.39, 0.29) is 12.7 Å². The molecule has 2 aromatic rings. The van der Waals surface area contributed by atoms with Crippen LogP contribution >= 0.6 is 11.8 Å². The van der Waals surface area contributed by atoms with Gasteiger partial charge in [-0.2, -0.15) is 11.8 Å². The van der Waals surface area contributed by atoms with Crippen LogP contribution in [0.1, 0.15) is 15.9 Å². The second-order valence-electron chi connectivity index (χ2n) is 4.86. The van der Waals surface area contributed by atoms with Crippen LogP contribution in [0.4, 0.5) is 0 Å². The van der Waals surface area contributed by atoms with Crippen molar-refractivity contribution in [2.75, 3.05) is 19.1 Å². The van der Waals surface area contributed by atoms with Crippen molar-refractivity contribution in [2.24, 2.45) is 0 Å². The predicted molar refractivity (Wildman–Crippen MR) is 87.5 cm³/mol. The van der Waals surface area contributed by atoms with Gasteiger partial charge in [0.05, 0.1) is 0 Å². The number of hydrogen-bond acceptors (Lipinski definition) is 4. The molecule has 0 aromatic heterocycles. The highest BCUT2D eigenvalue weighted by molar-refractivity contribution is 7.98. The molecule has 1 aliphatic rings. The van der Waals surface area contributed by atoms with Gasteiger partial charge < -0.3 is 14.8 Å². The molecule has 22 heavy (non-hydrogen) atoms. The van der Waals surface area contributed by atoms with E-state index in [0.717, 1.165) is 11.5 Å². The Bertz CT molecular complexity index is 646. The van der Waals surface area contributed by atoms with Crippen molar-refractivity contribution in [1.82, 2.24) is 5.32 Å². The Hall–Kier alpha value is -2.14. The molecule has 1 N–H and O–H groups in total. The molecule has 0 unspecified atom stereocenters. The molecule has 1 aliphatic heterocycles. The average Bonchev–Trinajstić information content (AvgIpc) is 3.03. The molecule has 0 fully saturated rings. The molecule has 114 valence electrons. The van der Waals surface area contributed by atoms with Gasteiger partial charge >= 0.3 is 0 Å². The van der Waals surface area contributed by atoms with E-state index in [1.165, 1.54) is 5.56 Å². The number of benzene rings is 2. The van der Waals surface area contributed by atoms with Crippen LogP contribution in [-0.2, 0) is 5.75 Å². The Morgan fingerprint density at radius 2 is 1.91 bits per heavy atom. The lowest BCUT2D eigenvalue weighted by atomic mass is 10.2. The highest BCUT2D eigenvalue weighted by Gasteiger charge is 2.15. The van der Waals surface area contributed by atoms with Gasteiger partial charge in [0.1, 0.15) is 0 Å². The topological polar surface area (TPSA) is 47.6 Å². The first-order chi connectivity index (χ1) is 10.8. The van der Waals surface area contributed by atoms with E-state index in [1.54, 1.807) is 30.0 Å². The number of nitrogens with one attached hydrogen (secondary N) is 1. The number of carbonyl (C=O) groups excluding carboxylic acids is 1. The van der Waals surface area contributed by atoms with Crippen molar-refractivity contribution in [3.05, 3.63) is 59.7 Å². The molecular weight excluding hydrogens is 298 g/mol.